The molecule has 3 N–H and O–H groups in total. The molecule has 0 spiro atoms. The summed E-state index contributed by atoms with van der Waals surface area (Å²) in [5, 5.41) is 0.193. The zero-order valence-corrected chi connectivity index (χ0v) is 20.5. The third kappa shape index (κ3) is 5.29. The van der Waals surface area contributed by atoms with E-state index in [1.165, 1.54) is 30.5 Å². The van der Waals surface area contributed by atoms with Gasteiger partial charge in [0.05, 0.1) is 17.1 Å². The lowest BCUT2D eigenvalue weighted by Crippen LogP contribution is -2.12. The molecule has 0 saturated carbocycles. The summed E-state index contributed by atoms with van der Waals surface area (Å²) >= 11 is 3.47. The van der Waals surface area contributed by atoms with E-state index in [9.17, 15) is 26.6 Å². The molecule has 2 aromatic heterocycles. The maximum absolute atomic E-state index is 14.5. The van der Waals surface area contributed by atoms with Gasteiger partial charge in [0.2, 0.25) is 0 Å². The second-order valence-electron chi connectivity index (χ2n) is 6.95. The SMILES string of the molecule is CS(=O)(=O)CCCOc1cc(-c2cc(=O)cc[nH]2)cc2c(Br)c(C(F)(F)P(=O)(O)O)sc12. The standard InChI is InChI=1S/C18H17BrF2NO7PS2/c1-32(27,28)6-2-5-29-14-8-10(13-9-11(23)3-4-22-13)7-12-15(19)17(31-16(12)14)18(20,21)30(24,25)26/h3-4,7-9H,2,5-6H2,1H3,(H,22,23)(H2,24,25,26). The van der Waals surface area contributed by atoms with Crippen LogP contribution in [0.3, 0.4) is 0 Å². The number of aromatic nitrogens is 1. The van der Waals surface area contributed by atoms with Crippen LogP contribution in [0.1, 0.15) is 11.3 Å². The Morgan fingerprint density at radius 1 is 1.28 bits per heavy atom. The average molecular weight is 572 g/mol. The predicted octanol–water partition coefficient (Wildman–Crippen LogP) is 4.06. The normalized spacial score (nSPS) is 12.9. The first-order valence-corrected chi connectivity index (χ1v) is 14.2. The van der Waals surface area contributed by atoms with E-state index in [0.29, 0.717) is 22.6 Å². The Morgan fingerprint density at radius 2 is 1.97 bits per heavy atom. The lowest BCUT2D eigenvalue weighted by Gasteiger charge is -2.16. The van der Waals surface area contributed by atoms with Crippen molar-refractivity contribution in [2.75, 3.05) is 18.6 Å². The highest BCUT2D eigenvalue weighted by molar-refractivity contribution is 9.10. The van der Waals surface area contributed by atoms with Crippen molar-refractivity contribution in [3.63, 3.8) is 0 Å². The second-order valence-corrected chi connectivity index (χ2v) is 12.7. The molecule has 0 atom stereocenters. The van der Waals surface area contributed by atoms with Gasteiger partial charge in [-0.2, -0.15) is 8.78 Å². The molecule has 1 aromatic carbocycles. The van der Waals surface area contributed by atoms with E-state index in [1.54, 1.807) is 0 Å². The van der Waals surface area contributed by atoms with Crippen molar-refractivity contribution in [2.24, 2.45) is 0 Å². The van der Waals surface area contributed by atoms with Crippen LogP contribution >= 0.6 is 34.9 Å². The van der Waals surface area contributed by atoms with Gasteiger partial charge in [0, 0.05) is 45.7 Å². The van der Waals surface area contributed by atoms with Crippen LogP contribution in [0, 0.1) is 0 Å². The second kappa shape index (κ2) is 8.96. The van der Waals surface area contributed by atoms with Crippen LogP contribution in [0.2, 0.25) is 0 Å². The molecular weight excluding hydrogens is 555 g/mol. The van der Waals surface area contributed by atoms with E-state index in [1.807, 2.05) is 0 Å². The minimum atomic E-state index is -5.82. The van der Waals surface area contributed by atoms with E-state index in [4.69, 9.17) is 14.5 Å². The summed E-state index contributed by atoms with van der Waals surface area (Å²) in [4.78, 5) is 32.0. The Balaban J connectivity index is 2.16. The van der Waals surface area contributed by atoms with Crippen LogP contribution in [0.4, 0.5) is 8.78 Å². The van der Waals surface area contributed by atoms with Crippen molar-refractivity contribution in [1.82, 2.24) is 4.98 Å². The highest BCUT2D eigenvalue weighted by atomic mass is 79.9. The van der Waals surface area contributed by atoms with E-state index >= 15 is 0 Å². The topological polar surface area (TPSA) is 134 Å². The summed E-state index contributed by atoms with van der Waals surface area (Å²) in [5.41, 5.74) is -3.98. The van der Waals surface area contributed by atoms with Gasteiger partial charge in [-0.15, -0.1) is 11.3 Å². The van der Waals surface area contributed by atoms with E-state index < -0.39 is 28.0 Å². The number of hydrogen-bond acceptors (Lipinski definition) is 6. The third-order valence-electron chi connectivity index (χ3n) is 4.33. The average Bonchev–Trinajstić information content (AvgIpc) is 3.01. The molecule has 2 heterocycles. The molecular formula is C18H17BrF2NO7PS2. The fourth-order valence-electron chi connectivity index (χ4n) is 2.84. The lowest BCUT2D eigenvalue weighted by molar-refractivity contribution is 0.0595. The summed E-state index contributed by atoms with van der Waals surface area (Å²) in [6, 6.07) is 5.55. The summed E-state index contributed by atoms with van der Waals surface area (Å²) < 4.78 is 68.6. The number of halogens is 3. The van der Waals surface area contributed by atoms with Gasteiger partial charge in [-0.25, -0.2) is 8.42 Å². The number of nitrogens with one attached hydrogen (secondary N) is 1. The maximum Gasteiger partial charge on any atom is 0.400 e. The molecule has 0 fully saturated rings. The quantitative estimate of drug-likeness (QED) is 0.274. The Hall–Kier alpha value is -1.63. The van der Waals surface area contributed by atoms with Crippen LogP contribution in [0.15, 0.2) is 39.7 Å². The number of fused-ring (bicyclic) bond motifs is 1. The van der Waals surface area contributed by atoms with Gasteiger partial charge in [0.1, 0.15) is 20.5 Å². The molecule has 0 unspecified atom stereocenters. The molecule has 3 rings (SSSR count). The van der Waals surface area contributed by atoms with E-state index in [0.717, 1.165) is 6.26 Å². The first-order chi connectivity index (χ1) is 14.7. The number of ether oxygens (including phenoxy) is 1. The number of rotatable bonds is 8. The number of hydrogen-bond donors (Lipinski definition) is 3. The summed E-state index contributed by atoms with van der Waals surface area (Å²) in [6.07, 6.45) is 2.62. The summed E-state index contributed by atoms with van der Waals surface area (Å²) in [5.74, 6) is -0.0357. The van der Waals surface area contributed by atoms with Gasteiger partial charge in [0.15, 0.2) is 5.43 Å². The molecule has 0 saturated heterocycles. The predicted molar refractivity (Wildman–Crippen MR) is 121 cm³/mol. The number of aromatic amines is 1. The van der Waals surface area contributed by atoms with Gasteiger partial charge in [0.25, 0.3) is 0 Å². The third-order valence-corrected chi connectivity index (χ3v) is 8.85. The van der Waals surface area contributed by atoms with Gasteiger partial charge >= 0.3 is 13.3 Å². The van der Waals surface area contributed by atoms with Crippen molar-refractivity contribution in [1.29, 1.82) is 0 Å². The number of sulfone groups is 1. The van der Waals surface area contributed by atoms with E-state index in [-0.39, 0.29) is 44.5 Å². The Labute approximate surface area is 193 Å². The highest BCUT2D eigenvalue weighted by Crippen LogP contribution is 2.63. The first kappa shape index (κ1) is 25.0. The smallest absolute Gasteiger partial charge is 0.400 e. The van der Waals surface area contributed by atoms with Crippen molar-refractivity contribution in [3.8, 4) is 17.0 Å². The van der Waals surface area contributed by atoms with Crippen molar-refractivity contribution in [3.05, 3.63) is 50.0 Å². The Kier molecular flexibility index (Phi) is 7.00. The maximum atomic E-state index is 14.5. The number of benzene rings is 1. The molecule has 0 radical (unpaired) electrons. The zero-order valence-electron chi connectivity index (χ0n) is 16.3. The minimum absolute atomic E-state index is 0.0450. The number of alkyl halides is 2. The molecule has 0 bridgehead atoms. The van der Waals surface area contributed by atoms with Gasteiger partial charge in [-0.1, -0.05) is 0 Å². The molecule has 3 aromatic rings. The first-order valence-electron chi connectivity index (χ1n) is 8.90. The van der Waals surface area contributed by atoms with Crippen LogP contribution in [-0.2, 0) is 20.1 Å². The van der Waals surface area contributed by atoms with Crippen LogP contribution in [0.5, 0.6) is 5.75 Å². The monoisotopic (exact) mass is 571 g/mol. The molecule has 0 aliphatic rings. The van der Waals surface area contributed by atoms with E-state index in [2.05, 4.69) is 20.9 Å². The molecule has 0 aliphatic carbocycles. The van der Waals surface area contributed by atoms with Gasteiger partial charge in [-0.05, 0) is 34.5 Å². The Bertz CT molecular complexity index is 1380. The largest absolute Gasteiger partial charge is 0.492 e. The Morgan fingerprint density at radius 3 is 2.56 bits per heavy atom. The number of pyridine rings is 1. The number of H-pyrrole nitrogens is 1. The van der Waals surface area contributed by atoms with Crippen LogP contribution in [0.25, 0.3) is 21.3 Å². The molecule has 8 nitrogen and oxygen atoms in total. The fraction of sp³-hybridized carbons (Fsp3) is 0.278. The van der Waals surface area contributed by atoms with Crippen molar-refractivity contribution in [2.45, 2.75) is 12.1 Å². The molecule has 0 aliphatic heterocycles. The molecule has 32 heavy (non-hydrogen) atoms. The molecule has 0 amide bonds. The lowest BCUT2D eigenvalue weighted by atomic mass is 10.1. The van der Waals surface area contributed by atoms with Crippen molar-refractivity contribution < 1.29 is 36.3 Å². The van der Waals surface area contributed by atoms with Crippen LogP contribution < -0.4 is 10.2 Å². The number of thiophene rings is 1. The van der Waals surface area contributed by atoms with Crippen molar-refractivity contribution >= 4 is 54.8 Å². The van der Waals surface area contributed by atoms with Gasteiger partial charge in [-0.3, -0.25) is 9.36 Å². The zero-order chi connectivity index (χ0) is 23.9. The fourth-order valence-corrected chi connectivity index (χ4v) is 6.46. The highest BCUT2D eigenvalue weighted by Gasteiger charge is 2.53. The molecule has 14 heteroatoms. The van der Waals surface area contributed by atoms with Crippen LogP contribution in [-0.4, -0.2) is 41.8 Å². The summed E-state index contributed by atoms with van der Waals surface area (Å²) in [6.45, 7) is -0.0450. The molecule has 174 valence electrons. The minimum Gasteiger partial charge on any atom is -0.492 e. The van der Waals surface area contributed by atoms with Gasteiger partial charge < -0.3 is 19.5 Å². The summed E-state index contributed by atoms with van der Waals surface area (Å²) in [7, 11) is -9.04.